The van der Waals surface area contributed by atoms with Crippen molar-refractivity contribution in [1.82, 2.24) is 9.17 Å². The monoisotopic (exact) mass is 503 g/mol. The minimum Gasteiger partial charge on any atom is -0.178 e. The molecule has 0 aliphatic heterocycles. The van der Waals surface area contributed by atoms with Crippen molar-refractivity contribution < 1.29 is 5.21 Å². The molecule has 3 fully saturated rings. The first-order valence-corrected chi connectivity index (χ1v) is 15.2. The van der Waals surface area contributed by atoms with Gasteiger partial charge in [-0.3, -0.25) is 0 Å². The number of thiol groups is 1. The fourth-order valence-electron chi connectivity index (χ4n) is 8.61. The maximum absolute atomic E-state index is 11.3. The second-order valence-electron chi connectivity index (χ2n) is 12.3. The molecule has 3 aliphatic rings. The Balaban J connectivity index is 0.00000167. The Morgan fingerprint density at radius 2 is 1.66 bits per heavy atom. The van der Waals surface area contributed by atoms with Gasteiger partial charge < -0.3 is 0 Å². The first-order chi connectivity index (χ1) is 16.7. The van der Waals surface area contributed by atoms with E-state index in [1.807, 2.05) is 56.2 Å². The van der Waals surface area contributed by atoms with Gasteiger partial charge in [-0.05, 0) is 89.5 Å². The van der Waals surface area contributed by atoms with Crippen molar-refractivity contribution in [1.29, 1.82) is 0 Å². The predicted molar refractivity (Wildman–Crippen MR) is 154 cm³/mol. The first kappa shape index (κ1) is 29.0. The van der Waals surface area contributed by atoms with Crippen LogP contribution in [-0.4, -0.2) is 23.8 Å². The molecule has 4 rings (SSSR count). The van der Waals surface area contributed by atoms with Crippen LogP contribution in [0.4, 0.5) is 5.69 Å². The van der Waals surface area contributed by atoms with Crippen LogP contribution in [0.1, 0.15) is 106 Å². The van der Waals surface area contributed by atoms with Crippen molar-refractivity contribution in [3.63, 3.8) is 0 Å². The number of hydrogen-bond donors (Lipinski definition) is 2. The maximum atomic E-state index is 11.3. The molecule has 1 aromatic carbocycles. The Bertz CT molecular complexity index is 785. The van der Waals surface area contributed by atoms with Gasteiger partial charge >= 0.3 is 0 Å². The van der Waals surface area contributed by atoms with Gasteiger partial charge in [0.05, 0.1) is 6.54 Å². The highest BCUT2D eigenvalue weighted by Gasteiger charge is 2.57. The van der Waals surface area contributed by atoms with Gasteiger partial charge in [-0.25, -0.2) is 0 Å². The standard InChI is InChI=1S/C29H49N2OS.C2H6/c1-6-12-26-24-18-20-29(4)22(21-30(5)31(32,33)23-14-9-8-10-15-23)13-11-16-27(29)25(24)17-19-28(26,3)7-2;1-2/h8-10,14-15,22,24-27,32-33H,6-7,11-13,16-21H2,1-5H3;1-2H3/q+1;/t22?,24?,25?,26?,27?,28-,29?,31?;/m0./s1. The molecule has 0 spiro atoms. The number of benzene rings is 1. The highest BCUT2D eigenvalue weighted by Crippen LogP contribution is 2.64. The van der Waals surface area contributed by atoms with Gasteiger partial charge in [-0.2, -0.15) is 5.21 Å². The molecule has 1 aromatic rings. The minimum atomic E-state index is -0.461. The Morgan fingerprint density at radius 3 is 2.29 bits per heavy atom. The third kappa shape index (κ3) is 5.52. The number of nitrogens with zero attached hydrogens (tertiary/aromatic N) is 2. The van der Waals surface area contributed by atoms with E-state index in [0.29, 0.717) is 16.7 Å². The summed E-state index contributed by atoms with van der Waals surface area (Å²) in [4.78, 5) is 0. The average molecular weight is 504 g/mol. The van der Waals surface area contributed by atoms with E-state index >= 15 is 0 Å². The van der Waals surface area contributed by atoms with Gasteiger partial charge in [-0.15, -0.1) is 5.01 Å². The number of hydrogen-bond acceptors (Lipinski definition) is 3. The summed E-state index contributed by atoms with van der Waals surface area (Å²) in [6.45, 7) is 14.9. The van der Waals surface area contributed by atoms with Crippen molar-refractivity contribution in [2.24, 2.45) is 40.4 Å². The Kier molecular flexibility index (Phi) is 9.85. The van der Waals surface area contributed by atoms with Crippen molar-refractivity contribution in [3.05, 3.63) is 30.3 Å². The second kappa shape index (κ2) is 11.9. The van der Waals surface area contributed by atoms with Crippen molar-refractivity contribution in [2.45, 2.75) is 106 Å². The van der Waals surface area contributed by atoms with Gasteiger partial charge in [0.2, 0.25) is 0 Å². The fourth-order valence-corrected chi connectivity index (χ4v) is 8.82. The van der Waals surface area contributed by atoms with Crippen LogP contribution in [0, 0.1) is 40.4 Å². The van der Waals surface area contributed by atoms with Gasteiger partial charge in [0.25, 0.3) is 0 Å². The summed E-state index contributed by atoms with van der Waals surface area (Å²) in [6.07, 6.45) is 13.8. The van der Waals surface area contributed by atoms with Crippen LogP contribution in [0.2, 0.25) is 0 Å². The zero-order valence-corrected chi connectivity index (χ0v) is 24.7. The number of quaternary nitrogens is 1. The zero-order valence-electron chi connectivity index (χ0n) is 23.8. The molecule has 0 bridgehead atoms. The Labute approximate surface area is 222 Å². The van der Waals surface area contributed by atoms with Crippen LogP contribution in [0.5, 0.6) is 0 Å². The number of fused-ring (bicyclic) bond motifs is 3. The third-order valence-corrected chi connectivity index (χ3v) is 11.4. The summed E-state index contributed by atoms with van der Waals surface area (Å²) < 4.78 is -0.461. The lowest BCUT2D eigenvalue weighted by Gasteiger charge is -2.62. The van der Waals surface area contributed by atoms with E-state index in [1.54, 1.807) is 0 Å². The van der Waals surface area contributed by atoms with Crippen LogP contribution < -0.4 is 4.16 Å². The molecular weight excluding hydrogens is 448 g/mol. The Hall–Kier alpha value is -0.550. The summed E-state index contributed by atoms with van der Waals surface area (Å²) in [6, 6.07) is 9.85. The molecule has 35 heavy (non-hydrogen) atoms. The quantitative estimate of drug-likeness (QED) is 0.220. The predicted octanol–water partition coefficient (Wildman–Crippen LogP) is 9.18. The van der Waals surface area contributed by atoms with E-state index in [-0.39, 0.29) is 0 Å². The van der Waals surface area contributed by atoms with E-state index in [1.165, 1.54) is 64.2 Å². The lowest BCUT2D eigenvalue weighted by molar-refractivity contribution is -0.164. The molecular formula is C31H55N2OS+. The molecule has 7 unspecified atom stereocenters. The molecule has 0 amide bonds. The van der Waals surface area contributed by atoms with Crippen LogP contribution >= 0.6 is 12.8 Å². The molecule has 1 N–H and O–H groups in total. The second-order valence-corrected chi connectivity index (χ2v) is 12.8. The highest BCUT2D eigenvalue weighted by atomic mass is 32.1. The number of rotatable bonds is 7. The lowest BCUT2D eigenvalue weighted by Crippen LogP contribution is -2.58. The molecule has 4 heteroatoms. The molecule has 0 heterocycles. The van der Waals surface area contributed by atoms with E-state index in [9.17, 15) is 5.21 Å². The third-order valence-electron chi connectivity index (χ3n) is 10.9. The van der Waals surface area contributed by atoms with E-state index in [2.05, 4.69) is 40.5 Å². The van der Waals surface area contributed by atoms with Crippen LogP contribution in [0.25, 0.3) is 0 Å². The topological polar surface area (TPSA) is 23.5 Å². The smallest absolute Gasteiger partial charge is 0.178 e. The maximum Gasteiger partial charge on any atom is 0.198 e. The molecule has 0 aromatic heterocycles. The molecule has 3 saturated carbocycles. The summed E-state index contributed by atoms with van der Waals surface area (Å²) in [5, 5.41) is 13.3. The van der Waals surface area contributed by atoms with Gasteiger partial charge in [0.1, 0.15) is 12.8 Å². The minimum absolute atomic E-state index is 0.384. The molecule has 8 atom stereocenters. The summed E-state index contributed by atoms with van der Waals surface area (Å²) in [5.41, 5.74) is 1.74. The largest absolute Gasteiger partial charge is 0.198 e. The van der Waals surface area contributed by atoms with E-state index in [0.717, 1.165) is 35.9 Å². The average Bonchev–Trinajstić information content (AvgIpc) is 2.87. The molecule has 3 nitrogen and oxygen atoms in total. The lowest BCUT2D eigenvalue weighted by atomic mass is 9.44. The zero-order chi connectivity index (χ0) is 25.9. The molecule has 200 valence electrons. The van der Waals surface area contributed by atoms with E-state index in [4.69, 9.17) is 0 Å². The summed E-state index contributed by atoms with van der Waals surface area (Å²) >= 11 is 4.67. The van der Waals surface area contributed by atoms with Crippen molar-refractivity contribution in [2.75, 3.05) is 13.6 Å². The first-order valence-electron chi connectivity index (χ1n) is 14.8. The molecule has 3 aliphatic carbocycles. The highest BCUT2D eigenvalue weighted by molar-refractivity contribution is 7.79. The van der Waals surface area contributed by atoms with Crippen LogP contribution in [0.3, 0.4) is 0 Å². The summed E-state index contributed by atoms with van der Waals surface area (Å²) in [7, 11) is 2.03. The van der Waals surface area contributed by atoms with Crippen molar-refractivity contribution >= 4 is 18.5 Å². The van der Waals surface area contributed by atoms with Gasteiger partial charge in [0, 0.05) is 19.2 Å². The van der Waals surface area contributed by atoms with Gasteiger partial charge in [-0.1, -0.05) is 79.0 Å². The SMILES string of the molecule is CC.CCCC1C2CCC3(C)C(CN(C)[N+](O)(S)c4ccccc4)CCCC3C2CC[C@]1(C)CC. The molecule has 0 saturated heterocycles. The fraction of sp³-hybridized carbons (Fsp3) is 0.806. The van der Waals surface area contributed by atoms with Gasteiger partial charge in [0.15, 0.2) is 5.69 Å². The van der Waals surface area contributed by atoms with Crippen LogP contribution in [-0.2, 0) is 0 Å². The number of para-hydroxylation sites is 1. The van der Waals surface area contributed by atoms with Crippen molar-refractivity contribution in [3.8, 4) is 0 Å². The van der Waals surface area contributed by atoms with Crippen LogP contribution in [0.15, 0.2) is 30.3 Å². The summed E-state index contributed by atoms with van der Waals surface area (Å²) in [5.74, 6) is 4.22. The van der Waals surface area contributed by atoms with E-state index < -0.39 is 4.16 Å². The normalized spacial score (nSPS) is 38.5. The Morgan fingerprint density at radius 1 is 1.00 bits per heavy atom. The molecule has 0 radical (unpaired) electrons.